The quantitative estimate of drug-likeness (QED) is 0.214. The van der Waals surface area contributed by atoms with Crippen LogP contribution in [-0.2, 0) is 14.4 Å². The van der Waals surface area contributed by atoms with E-state index in [1.807, 2.05) is 20.8 Å². The number of amides is 3. The second kappa shape index (κ2) is 18.4. The molecule has 0 spiro atoms. The van der Waals surface area contributed by atoms with E-state index in [1.54, 1.807) is 18.0 Å². The van der Waals surface area contributed by atoms with Crippen molar-refractivity contribution in [1.82, 2.24) is 19.8 Å². The summed E-state index contributed by atoms with van der Waals surface area (Å²) < 4.78 is 30.1. The molecule has 40 heavy (non-hydrogen) atoms. The molecule has 0 aromatic heterocycles. The Kier molecular flexibility index (Phi) is 16.5. The van der Waals surface area contributed by atoms with Crippen molar-refractivity contribution in [3.05, 3.63) is 24.4 Å². The summed E-state index contributed by atoms with van der Waals surface area (Å²) in [6.07, 6.45) is 8.32. The molecule has 0 aromatic rings. The second-order valence-corrected chi connectivity index (χ2v) is 12.1. The van der Waals surface area contributed by atoms with E-state index in [0.29, 0.717) is 31.1 Å². The fourth-order valence-corrected chi connectivity index (χ4v) is 5.21. The highest BCUT2D eigenvalue weighted by Gasteiger charge is 2.40. The maximum Gasteiger partial charge on any atom is 0.267 e. The lowest BCUT2D eigenvalue weighted by Gasteiger charge is -2.28. The molecule has 0 radical (unpaired) electrons. The Bertz CT molecular complexity index is 846. The van der Waals surface area contributed by atoms with Gasteiger partial charge in [-0.2, -0.15) is 0 Å². The predicted octanol–water partition coefficient (Wildman–Crippen LogP) is 6.07. The molecule has 2 saturated heterocycles. The number of halogens is 2. The molecule has 3 fully saturated rings. The van der Waals surface area contributed by atoms with Crippen molar-refractivity contribution in [3.63, 3.8) is 0 Å². The van der Waals surface area contributed by atoms with Crippen LogP contribution in [0.15, 0.2) is 24.4 Å². The zero-order valence-electron chi connectivity index (χ0n) is 25.4. The minimum absolute atomic E-state index is 0.0140. The smallest absolute Gasteiger partial charge is 0.267 e. The van der Waals surface area contributed by atoms with Crippen LogP contribution in [0.25, 0.3) is 0 Å². The molecule has 2 N–H and O–H groups in total. The largest absolute Gasteiger partial charge is 0.346 e. The zero-order valence-corrected chi connectivity index (χ0v) is 26.3. The molecule has 7 nitrogen and oxygen atoms in total. The molecule has 2 heterocycles. The van der Waals surface area contributed by atoms with Gasteiger partial charge in [0.05, 0.1) is 12.6 Å². The number of likely N-dealkylation sites (tertiary alicyclic amines) is 2. The minimum atomic E-state index is -2.85. The van der Waals surface area contributed by atoms with Crippen LogP contribution < -0.4 is 10.0 Å². The first-order valence-corrected chi connectivity index (χ1v) is 15.8. The van der Waals surface area contributed by atoms with Gasteiger partial charge >= 0.3 is 0 Å². The van der Waals surface area contributed by atoms with Crippen LogP contribution in [0, 0.1) is 5.92 Å². The molecule has 230 valence electrons. The van der Waals surface area contributed by atoms with Crippen molar-refractivity contribution in [3.8, 4) is 0 Å². The molecule has 0 aromatic carbocycles. The van der Waals surface area contributed by atoms with Crippen molar-refractivity contribution in [1.29, 1.82) is 0 Å². The van der Waals surface area contributed by atoms with Crippen LogP contribution >= 0.6 is 11.9 Å². The first kappa shape index (κ1) is 35.9. The molecule has 3 amide bonds. The average Bonchev–Trinajstić information content (AvgIpc) is 3.46. The van der Waals surface area contributed by atoms with Crippen molar-refractivity contribution < 1.29 is 23.2 Å². The van der Waals surface area contributed by atoms with Crippen LogP contribution in [0.5, 0.6) is 0 Å². The number of rotatable bonds is 12. The van der Waals surface area contributed by atoms with Crippen LogP contribution in [0.2, 0.25) is 0 Å². The van der Waals surface area contributed by atoms with Gasteiger partial charge in [0.2, 0.25) is 17.7 Å². The third-order valence-electron chi connectivity index (χ3n) is 6.34. The maximum atomic E-state index is 13.4. The van der Waals surface area contributed by atoms with E-state index < -0.39 is 24.4 Å². The Morgan fingerprint density at radius 1 is 1.07 bits per heavy atom. The molecular formula is C30H52F2N4O3S. The molecule has 10 heteroatoms. The Morgan fingerprint density at radius 3 is 2.23 bits per heavy atom. The van der Waals surface area contributed by atoms with Gasteiger partial charge in [-0.05, 0) is 56.4 Å². The van der Waals surface area contributed by atoms with Gasteiger partial charge in [-0.3, -0.25) is 14.4 Å². The van der Waals surface area contributed by atoms with E-state index in [2.05, 4.69) is 43.5 Å². The molecule has 3 rings (SSSR count). The zero-order chi connectivity index (χ0) is 30.3. The lowest BCUT2D eigenvalue weighted by Crippen LogP contribution is -2.50. The van der Waals surface area contributed by atoms with Crippen LogP contribution in [0.3, 0.4) is 0 Å². The number of carbonyl (C=O) groups excluding carboxylic acids is 3. The van der Waals surface area contributed by atoms with Crippen molar-refractivity contribution in [2.24, 2.45) is 5.92 Å². The average molecular weight is 587 g/mol. The minimum Gasteiger partial charge on any atom is -0.346 e. The third-order valence-corrected chi connectivity index (χ3v) is 7.50. The third kappa shape index (κ3) is 13.0. The summed E-state index contributed by atoms with van der Waals surface area (Å²) >= 11 is 1.68. The van der Waals surface area contributed by atoms with Crippen molar-refractivity contribution in [2.45, 2.75) is 123 Å². The van der Waals surface area contributed by atoms with Crippen LogP contribution in [0.4, 0.5) is 8.78 Å². The Morgan fingerprint density at radius 2 is 1.70 bits per heavy atom. The van der Waals surface area contributed by atoms with Gasteiger partial charge in [-0.1, -0.05) is 53.7 Å². The summed E-state index contributed by atoms with van der Waals surface area (Å²) in [5.41, 5.74) is 0.941. The van der Waals surface area contributed by atoms with Crippen LogP contribution in [0.1, 0.15) is 99.3 Å². The van der Waals surface area contributed by atoms with Gasteiger partial charge in [-0.25, -0.2) is 8.78 Å². The number of hydrogen-bond donors (Lipinski definition) is 2. The molecule has 1 saturated carbocycles. The summed E-state index contributed by atoms with van der Waals surface area (Å²) in [5, 5.41) is 3.69. The van der Waals surface area contributed by atoms with Gasteiger partial charge in [0, 0.05) is 43.3 Å². The van der Waals surface area contributed by atoms with E-state index in [-0.39, 0.29) is 43.7 Å². The molecule has 1 unspecified atom stereocenters. The molecule has 1 aliphatic carbocycles. The molecule has 0 bridgehead atoms. The maximum absolute atomic E-state index is 13.4. The first-order chi connectivity index (χ1) is 19.0. The normalized spacial score (nSPS) is 20.6. The van der Waals surface area contributed by atoms with E-state index in [1.165, 1.54) is 17.7 Å². The number of hydrogen-bond acceptors (Lipinski definition) is 5. The summed E-state index contributed by atoms with van der Waals surface area (Å²) in [6, 6.07) is -0.850. The number of nitrogens with one attached hydrogen (secondary N) is 2. The Hall–Kier alpha value is -2.10. The lowest BCUT2D eigenvalue weighted by atomic mass is 10.1. The fraction of sp³-hybridized carbons (Fsp3) is 0.767. The van der Waals surface area contributed by atoms with Crippen molar-refractivity contribution in [2.75, 3.05) is 19.6 Å². The first-order valence-electron chi connectivity index (χ1n) is 15.0. The number of allylic oxidation sites excluding steroid dienone is 1. The number of alkyl halides is 2. The SMILES string of the molecule is C=CCC(NC(=O)[C@@H]1CCCN1C(=O)CCC(=O)N1CCC(F)(F)C1)/C(=C\CC)NSC1CC1.CC.CC(C)C. The van der Waals surface area contributed by atoms with Gasteiger partial charge in [-0.15, -0.1) is 6.58 Å². The van der Waals surface area contributed by atoms with E-state index in [4.69, 9.17) is 0 Å². The Balaban J connectivity index is 0.00000122. The van der Waals surface area contributed by atoms with Crippen LogP contribution in [-0.4, -0.2) is 70.4 Å². The number of nitrogens with zero attached hydrogens (tertiary/aromatic N) is 2. The predicted molar refractivity (Wildman–Crippen MR) is 161 cm³/mol. The molecule has 2 aliphatic heterocycles. The highest BCUT2D eigenvalue weighted by Crippen LogP contribution is 2.33. The standard InChI is InChI=1S/C24H36F2N4O3S.C4H10.C2H6/c1-3-6-18(19(7-4-2)28-34-17-9-10-17)27-23(33)20-8-5-14-30(20)22(32)12-11-21(31)29-15-13-24(25,26)16-29;1-4(2)3;1-2/h3,7,17-18,20,28H,1,4-6,8-16H2,2H3,(H,27,33);4H,1-3H3;1-2H3/b19-7+;;/t18?,20-;;/m0../s1. The van der Waals surface area contributed by atoms with Gasteiger partial charge in [0.25, 0.3) is 5.92 Å². The lowest BCUT2D eigenvalue weighted by molar-refractivity contribution is -0.140. The van der Waals surface area contributed by atoms with Gasteiger partial charge < -0.3 is 19.8 Å². The van der Waals surface area contributed by atoms with E-state index in [0.717, 1.165) is 22.9 Å². The molecule has 3 aliphatic rings. The van der Waals surface area contributed by atoms with Crippen molar-refractivity contribution >= 4 is 29.7 Å². The summed E-state index contributed by atoms with van der Waals surface area (Å²) in [4.78, 5) is 40.9. The van der Waals surface area contributed by atoms with Gasteiger partial charge in [0.15, 0.2) is 0 Å². The fourth-order valence-electron chi connectivity index (χ4n) is 4.31. The summed E-state index contributed by atoms with van der Waals surface area (Å²) in [5.74, 6) is -2.96. The summed E-state index contributed by atoms with van der Waals surface area (Å²) in [7, 11) is 0. The Labute approximate surface area is 245 Å². The number of carbonyl (C=O) groups is 3. The van der Waals surface area contributed by atoms with E-state index in [9.17, 15) is 23.2 Å². The topological polar surface area (TPSA) is 81.8 Å². The highest BCUT2D eigenvalue weighted by atomic mass is 32.2. The summed E-state index contributed by atoms with van der Waals surface area (Å²) in [6.45, 7) is 16.2. The van der Waals surface area contributed by atoms with Gasteiger partial charge in [0.1, 0.15) is 6.04 Å². The molecular weight excluding hydrogens is 534 g/mol. The molecule has 2 atom stereocenters. The van der Waals surface area contributed by atoms with E-state index >= 15 is 0 Å². The monoisotopic (exact) mass is 586 g/mol. The highest BCUT2D eigenvalue weighted by molar-refractivity contribution is 7.98. The second-order valence-electron chi connectivity index (χ2n) is 11.0.